The average Bonchev–Trinajstić information content (AvgIpc) is 2.44. The van der Waals surface area contributed by atoms with Crippen LogP contribution < -0.4 is 15.0 Å². The van der Waals surface area contributed by atoms with E-state index in [9.17, 15) is 4.79 Å². The highest BCUT2D eigenvalue weighted by Crippen LogP contribution is 2.30. The number of hydrogen-bond acceptors (Lipinski definition) is 4. The van der Waals surface area contributed by atoms with Gasteiger partial charge in [0.2, 0.25) is 0 Å². The summed E-state index contributed by atoms with van der Waals surface area (Å²) >= 11 is 0. The van der Waals surface area contributed by atoms with Gasteiger partial charge in [-0.1, -0.05) is 13.8 Å². The van der Waals surface area contributed by atoms with Crippen LogP contribution >= 0.6 is 0 Å². The van der Waals surface area contributed by atoms with Crippen LogP contribution in [0.25, 0.3) is 11.0 Å². The van der Waals surface area contributed by atoms with Crippen LogP contribution in [0.15, 0.2) is 23.1 Å². The number of fused-ring (bicyclic) bond motifs is 1. The smallest absolute Gasteiger partial charge is 0.269 e. The molecule has 0 aliphatic rings. The van der Waals surface area contributed by atoms with E-state index in [1.54, 1.807) is 24.9 Å². The van der Waals surface area contributed by atoms with Gasteiger partial charge in [-0.3, -0.25) is 4.79 Å². The monoisotopic (exact) mass is 276 g/mol. The summed E-state index contributed by atoms with van der Waals surface area (Å²) in [5.74, 6) is 1.75. The van der Waals surface area contributed by atoms with Crippen molar-refractivity contribution in [2.75, 3.05) is 14.2 Å². The summed E-state index contributed by atoms with van der Waals surface area (Å²) in [6, 6.07) is 3.60. The van der Waals surface area contributed by atoms with E-state index in [0.717, 1.165) is 17.5 Å². The van der Waals surface area contributed by atoms with Gasteiger partial charge >= 0.3 is 0 Å². The first-order valence-electron chi connectivity index (χ1n) is 6.68. The summed E-state index contributed by atoms with van der Waals surface area (Å²) in [4.78, 5) is 16.2. The summed E-state index contributed by atoms with van der Waals surface area (Å²) in [7, 11) is 3.16. The predicted octanol–water partition coefficient (Wildman–Crippen LogP) is 2.46. The van der Waals surface area contributed by atoms with Crippen molar-refractivity contribution in [3.8, 4) is 11.5 Å². The Labute approximate surface area is 118 Å². The fraction of sp³-hybridized carbons (Fsp3) is 0.467. The molecule has 0 spiro atoms. The summed E-state index contributed by atoms with van der Waals surface area (Å²) in [5, 5.41) is 0. The standard InChI is InChI=1S/C15H20N2O3/c1-10(2)5-6-17-12-8-14(20-4)13(19-3)7-11(12)16-9-15(17)18/h7-10H,5-6H2,1-4H3. The van der Waals surface area contributed by atoms with E-state index in [1.165, 1.54) is 6.20 Å². The molecular formula is C15H20N2O3. The van der Waals surface area contributed by atoms with Crippen LogP contribution in [0.4, 0.5) is 0 Å². The molecule has 2 aromatic rings. The minimum atomic E-state index is -0.0923. The molecule has 0 saturated heterocycles. The quantitative estimate of drug-likeness (QED) is 0.841. The first kappa shape index (κ1) is 14.4. The molecule has 1 aromatic heterocycles. The molecule has 1 heterocycles. The van der Waals surface area contributed by atoms with E-state index >= 15 is 0 Å². The van der Waals surface area contributed by atoms with Crippen molar-refractivity contribution in [2.24, 2.45) is 5.92 Å². The Balaban J connectivity index is 2.60. The van der Waals surface area contributed by atoms with Gasteiger partial charge in [-0.25, -0.2) is 4.98 Å². The number of methoxy groups -OCH3 is 2. The lowest BCUT2D eigenvalue weighted by Gasteiger charge is -2.13. The molecule has 0 N–H and O–H groups in total. The van der Waals surface area contributed by atoms with Crippen molar-refractivity contribution in [3.05, 3.63) is 28.7 Å². The third kappa shape index (κ3) is 2.76. The maximum atomic E-state index is 12.0. The lowest BCUT2D eigenvalue weighted by molar-refractivity contribution is 0.355. The lowest BCUT2D eigenvalue weighted by Crippen LogP contribution is -2.21. The predicted molar refractivity (Wildman–Crippen MR) is 78.6 cm³/mol. The highest BCUT2D eigenvalue weighted by Gasteiger charge is 2.11. The van der Waals surface area contributed by atoms with Crippen LogP contribution in [-0.4, -0.2) is 23.8 Å². The van der Waals surface area contributed by atoms with Gasteiger partial charge < -0.3 is 14.0 Å². The van der Waals surface area contributed by atoms with Gasteiger partial charge in [0.25, 0.3) is 5.56 Å². The second-order valence-corrected chi connectivity index (χ2v) is 5.13. The number of aromatic nitrogens is 2. The molecule has 0 fully saturated rings. The SMILES string of the molecule is COc1cc2ncc(=O)n(CCC(C)C)c2cc1OC. The fourth-order valence-corrected chi connectivity index (χ4v) is 2.11. The van der Waals surface area contributed by atoms with Crippen LogP contribution in [-0.2, 0) is 6.54 Å². The van der Waals surface area contributed by atoms with Crippen LogP contribution in [0.1, 0.15) is 20.3 Å². The van der Waals surface area contributed by atoms with Crippen molar-refractivity contribution in [3.63, 3.8) is 0 Å². The molecule has 108 valence electrons. The van der Waals surface area contributed by atoms with Gasteiger partial charge in [0.1, 0.15) is 0 Å². The van der Waals surface area contributed by atoms with E-state index < -0.39 is 0 Å². The summed E-state index contributed by atoms with van der Waals surface area (Å²) in [6.07, 6.45) is 2.29. The van der Waals surface area contributed by atoms with Crippen molar-refractivity contribution < 1.29 is 9.47 Å². The Morgan fingerprint density at radius 1 is 1.20 bits per heavy atom. The van der Waals surface area contributed by atoms with E-state index in [4.69, 9.17) is 9.47 Å². The molecule has 20 heavy (non-hydrogen) atoms. The summed E-state index contributed by atoms with van der Waals surface area (Å²) in [5.41, 5.74) is 1.41. The largest absolute Gasteiger partial charge is 0.493 e. The number of hydrogen-bond donors (Lipinski definition) is 0. The number of aryl methyl sites for hydroxylation is 1. The zero-order chi connectivity index (χ0) is 14.7. The highest BCUT2D eigenvalue weighted by atomic mass is 16.5. The number of benzene rings is 1. The zero-order valence-electron chi connectivity index (χ0n) is 12.3. The van der Waals surface area contributed by atoms with E-state index in [0.29, 0.717) is 24.0 Å². The van der Waals surface area contributed by atoms with E-state index in [2.05, 4.69) is 18.8 Å². The van der Waals surface area contributed by atoms with Gasteiger partial charge in [-0.05, 0) is 12.3 Å². The van der Waals surface area contributed by atoms with Gasteiger partial charge in [0.15, 0.2) is 11.5 Å². The molecular weight excluding hydrogens is 256 g/mol. The molecule has 2 rings (SSSR count). The first-order valence-corrected chi connectivity index (χ1v) is 6.68. The van der Waals surface area contributed by atoms with Gasteiger partial charge in [0, 0.05) is 18.7 Å². The summed E-state index contributed by atoms with van der Waals surface area (Å²) in [6.45, 7) is 4.95. The third-order valence-corrected chi connectivity index (χ3v) is 3.28. The second-order valence-electron chi connectivity index (χ2n) is 5.13. The molecule has 5 heteroatoms. The molecule has 1 aromatic carbocycles. The maximum Gasteiger partial charge on any atom is 0.269 e. The van der Waals surface area contributed by atoms with Crippen molar-refractivity contribution >= 4 is 11.0 Å². The molecule has 5 nitrogen and oxygen atoms in total. The minimum Gasteiger partial charge on any atom is -0.493 e. The number of rotatable bonds is 5. The zero-order valence-corrected chi connectivity index (χ0v) is 12.3. The molecule has 0 aliphatic heterocycles. The normalized spacial score (nSPS) is 11.1. The van der Waals surface area contributed by atoms with Gasteiger partial charge in [-0.15, -0.1) is 0 Å². The Morgan fingerprint density at radius 3 is 2.45 bits per heavy atom. The molecule has 0 unspecified atom stereocenters. The van der Waals surface area contributed by atoms with Crippen LogP contribution in [0.3, 0.4) is 0 Å². The van der Waals surface area contributed by atoms with Gasteiger partial charge in [-0.2, -0.15) is 0 Å². The molecule has 0 saturated carbocycles. The van der Waals surface area contributed by atoms with E-state index in [1.807, 2.05) is 6.07 Å². The maximum absolute atomic E-state index is 12.0. The Hall–Kier alpha value is -2.04. The second kappa shape index (κ2) is 5.94. The van der Waals surface area contributed by atoms with E-state index in [-0.39, 0.29) is 5.56 Å². The van der Waals surface area contributed by atoms with Crippen molar-refractivity contribution in [2.45, 2.75) is 26.8 Å². The Kier molecular flexibility index (Phi) is 4.27. The molecule has 0 amide bonds. The Bertz CT molecular complexity index is 662. The number of nitrogens with zero attached hydrogens (tertiary/aromatic N) is 2. The third-order valence-electron chi connectivity index (χ3n) is 3.28. The lowest BCUT2D eigenvalue weighted by atomic mass is 10.1. The van der Waals surface area contributed by atoms with Crippen LogP contribution in [0.5, 0.6) is 11.5 Å². The summed E-state index contributed by atoms with van der Waals surface area (Å²) < 4.78 is 12.3. The van der Waals surface area contributed by atoms with Gasteiger partial charge in [0.05, 0.1) is 31.4 Å². The fourth-order valence-electron chi connectivity index (χ4n) is 2.11. The van der Waals surface area contributed by atoms with Crippen LogP contribution in [0.2, 0.25) is 0 Å². The average molecular weight is 276 g/mol. The molecule has 0 aliphatic carbocycles. The first-order chi connectivity index (χ1) is 9.56. The molecule has 0 radical (unpaired) electrons. The Morgan fingerprint density at radius 2 is 1.85 bits per heavy atom. The van der Waals surface area contributed by atoms with Crippen molar-refractivity contribution in [1.82, 2.24) is 9.55 Å². The van der Waals surface area contributed by atoms with Crippen molar-refractivity contribution in [1.29, 1.82) is 0 Å². The minimum absolute atomic E-state index is 0.0923. The topological polar surface area (TPSA) is 53.3 Å². The highest BCUT2D eigenvalue weighted by molar-refractivity contribution is 5.79. The molecule has 0 atom stereocenters. The van der Waals surface area contributed by atoms with Crippen LogP contribution in [0, 0.1) is 5.92 Å². The number of ether oxygens (including phenoxy) is 2. The molecule has 0 bridgehead atoms.